The number of methoxy groups -OCH3 is 2. The SMILES string of the molecule is C=C(C)C1Cc2cc3c(cc2O1)CCN(C(=O)C(F)(F)F)C3Cc1ccc(OC)c(OC)c1. The Labute approximate surface area is 190 Å². The highest BCUT2D eigenvalue weighted by Crippen LogP contribution is 2.42. The van der Waals surface area contributed by atoms with Gasteiger partial charge >= 0.3 is 12.1 Å². The molecule has 0 saturated heterocycles. The van der Waals surface area contributed by atoms with Gasteiger partial charge in [-0.05, 0) is 71.9 Å². The minimum Gasteiger partial charge on any atom is -0.493 e. The average molecular weight is 461 g/mol. The molecule has 5 nitrogen and oxygen atoms in total. The van der Waals surface area contributed by atoms with E-state index in [4.69, 9.17) is 14.2 Å². The highest BCUT2D eigenvalue weighted by atomic mass is 19.4. The van der Waals surface area contributed by atoms with Crippen molar-refractivity contribution in [3.63, 3.8) is 0 Å². The minimum absolute atomic E-state index is 0.0218. The summed E-state index contributed by atoms with van der Waals surface area (Å²) in [5, 5.41) is 0. The number of hydrogen-bond acceptors (Lipinski definition) is 4. The molecule has 4 rings (SSSR count). The fourth-order valence-corrected chi connectivity index (χ4v) is 4.57. The summed E-state index contributed by atoms with van der Waals surface area (Å²) in [6.45, 7) is 5.82. The van der Waals surface area contributed by atoms with E-state index in [1.54, 1.807) is 18.2 Å². The van der Waals surface area contributed by atoms with Crippen LogP contribution in [0.3, 0.4) is 0 Å². The Morgan fingerprint density at radius 3 is 2.52 bits per heavy atom. The zero-order valence-electron chi connectivity index (χ0n) is 18.8. The molecule has 0 fully saturated rings. The van der Waals surface area contributed by atoms with Gasteiger partial charge in [0.05, 0.1) is 20.3 Å². The molecule has 1 amide bonds. The molecule has 2 aliphatic heterocycles. The fourth-order valence-electron chi connectivity index (χ4n) is 4.57. The first-order valence-electron chi connectivity index (χ1n) is 10.7. The Bertz CT molecular complexity index is 1100. The van der Waals surface area contributed by atoms with Gasteiger partial charge in [-0.15, -0.1) is 0 Å². The van der Waals surface area contributed by atoms with Gasteiger partial charge in [0.15, 0.2) is 11.5 Å². The second-order valence-electron chi connectivity index (χ2n) is 8.47. The molecule has 2 aromatic rings. The van der Waals surface area contributed by atoms with Crippen LogP contribution in [-0.4, -0.2) is 43.9 Å². The van der Waals surface area contributed by atoms with Crippen molar-refractivity contribution in [1.29, 1.82) is 0 Å². The molecule has 0 saturated carbocycles. The molecular weight excluding hydrogens is 435 g/mol. The topological polar surface area (TPSA) is 48.0 Å². The molecule has 0 radical (unpaired) electrons. The number of amides is 1. The van der Waals surface area contributed by atoms with E-state index in [9.17, 15) is 18.0 Å². The van der Waals surface area contributed by atoms with E-state index >= 15 is 0 Å². The lowest BCUT2D eigenvalue weighted by atomic mass is 9.86. The van der Waals surface area contributed by atoms with Gasteiger partial charge in [0, 0.05) is 13.0 Å². The molecule has 2 unspecified atom stereocenters. The van der Waals surface area contributed by atoms with Crippen LogP contribution in [0.25, 0.3) is 0 Å². The first-order valence-corrected chi connectivity index (χ1v) is 10.7. The first kappa shape index (κ1) is 23.0. The number of fused-ring (bicyclic) bond motifs is 2. The number of ether oxygens (including phenoxy) is 3. The van der Waals surface area contributed by atoms with Crippen molar-refractivity contribution < 1.29 is 32.2 Å². The van der Waals surface area contributed by atoms with Gasteiger partial charge in [0.1, 0.15) is 11.9 Å². The number of nitrogens with zero attached hydrogens (tertiary/aromatic N) is 1. The predicted molar refractivity (Wildman–Crippen MR) is 117 cm³/mol. The van der Waals surface area contributed by atoms with Gasteiger partial charge in [-0.1, -0.05) is 12.6 Å². The van der Waals surface area contributed by atoms with E-state index in [0.717, 1.165) is 38.5 Å². The maximum absolute atomic E-state index is 13.4. The van der Waals surface area contributed by atoms with Crippen LogP contribution in [0.1, 0.15) is 35.2 Å². The van der Waals surface area contributed by atoms with E-state index in [1.165, 1.54) is 14.2 Å². The summed E-state index contributed by atoms with van der Waals surface area (Å²) < 4.78 is 56.9. The number of hydrogen-bond donors (Lipinski definition) is 0. The smallest absolute Gasteiger partial charge is 0.471 e. The zero-order chi connectivity index (χ0) is 23.9. The normalized spacial score (nSPS) is 19.4. The van der Waals surface area contributed by atoms with E-state index in [0.29, 0.717) is 24.3 Å². The van der Waals surface area contributed by atoms with Gasteiger partial charge in [0.25, 0.3) is 0 Å². The third kappa shape index (κ3) is 4.38. The summed E-state index contributed by atoms with van der Waals surface area (Å²) in [6.07, 6.45) is -3.96. The maximum atomic E-state index is 13.4. The summed E-state index contributed by atoms with van der Waals surface area (Å²) >= 11 is 0. The minimum atomic E-state index is -4.95. The zero-order valence-corrected chi connectivity index (χ0v) is 18.8. The van der Waals surface area contributed by atoms with E-state index in [-0.39, 0.29) is 19.1 Å². The molecular formula is C25H26F3NO4. The molecule has 0 spiro atoms. The summed E-state index contributed by atoms with van der Waals surface area (Å²) in [6, 6.07) is 8.26. The third-order valence-electron chi connectivity index (χ3n) is 6.28. The predicted octanol–water partition coefficient (Wildman–Crippen LogP) is 4.81. The Balaban J connectivity index is 1.75. The van der Waals surface area contributed by atoms with Crippen molar-refractivity contribution in [3.8, 4) is 17.2 Å². The third-order valence-corrected chi connectivity index (χ3v) is 6.28. The molecule has 2 aromatic carbocycles. The van der Waals surface area contributed by atoms with E-state index < -0.39 is 18.1 Å². The Morgan fingerprint density at radius 1 is 1.15 bits per heavy atom. The van der Waals surface area contributed by atoms with Crippen molar-refractivity contribution in [3.05, 3.63) is 64.7 Å². The van der Waals surface area contributed by atoms with Crippen LogP contribution in [0.15, 0.2) is 42.5 Å². The molecule has 2 aliphatic rings. The van der Waals surface area contributed by atoms with Crippen LogP contribution in [-0.2, 0) is 24.1 Å². The number of carbonyl (C=O) groups excluding carboxylic acids is 1. The summed E-state index contributed by atoms with van der Waals surface area (Å²) in [5.74, 6) is -0.0851. The quantitative estimate of drug-likeness (QED) is 0.600. The molecule has 33 heavy (non-hydrogen) atoms. The van der Waals surface area contributed by atoms with Crippen LogP contribution < -0.4 is 14.2 Å². The second-order valence-corrected chi connectivity index (χ2v) is 8.47. The molecule has 176 valence electrons. The van der Waals surface area contributed by atoms with E-state index in [1.807, 2.05) is 19.1 Å². The molecule has 2 atom stereocenters. The Kier molecular flexibility index (Phi) is 6.03. The first-order chi connectivity index (χ1) is 15.6. The number of benzene rings is 2. The number of alkyl halides is 3. The lowest BCUT2D eigenvalue weighted by molar-refractivity contribution is -0.188. The van der Waals surface area contributed by atoms with Crippen molar-refractivity contribution in [2.24, 2.45) is 0 Å². The largest absolute Gasteiger partial charge is 0.493 e. The second kappa shape index (κ2) is 8.65. The maximum Gasteiger partial charge on any atom is 0.471 e. The lowest BCUT2D eigenvalue weighted by Gasteiger charge is -2.38. The van der Waals surface area contributed by atoms with Gasteiger partial charge in [-0.2, -0.15) is 13.2 Å². The van der Waals surface area contributed by atoms with Crippen LogP contribution >= 0.6 is 0 Å². The van der Waals surface area contributed by atoms with Gasteiger partial charge in [-0.25, -0.2) is 0 Å². The van der Waals surface area contributed by atoms with Crippen molar-refractivity contribution in [2.75, 3.05) is 20.8 Å². The summed E-state index contributed by atoms with van der Waals surface area (Å²) in [5.41, 5.74) is 4.16. The van der Waals surface area contributed by atoms with Gasteiger partial charge in [-0.3, -0.25) is 4.79 Å². The monoisotopic (exact) mass is 461 g/mol. The van der Waals surface area contributed by atoms with Crippen LogP contribution in [0.4, 0.5) is 13.2 Å². The molecule has 0 aliphatic carbocycles. The van der Waals surface area contributed by atoms with Crippen molar-refractivity contribution in [1.82, 2.24) is 4.90 Å². The molecule has 0 bridgehead atoms. The molecule has 8 heteroatoms. The summed E-state index contributed by atoms with van der Waals surface area (Å²) in [4.78, 5) is 13.3. The van der Waals surface area contributed by atoms with Crippen LogP contribution in [0, 0.1) is 0 Å². The highest BCUT2D eigenvalue weighted by Gasteiger charge is 2.46. The van der Waals surface area contributed by atoms with Crippen LogP contribution in [0.2, 0.25) is 0 Å². The fraction of sp³-hybridized carbons (Fsp3) is 0.400. The Hall–Kier alpha value is -3.16. The van der Waals surface area contributed by atoms with Gasteiger partial charge < -0.3 is 19.1 Å². The standard InChI is InChI=1S/C25H26F3NO4/c1-14(2)21-13-17-11-18-16(12-22(17)33-21)7-8-29(24(30)25(26,27)28)19(18)9-15-5-6-20(31-3)23(10-15)32-4/h5-6,10-12,19,21H,1,7-9,13H2,2-4H3. The van der Waals surface area contributed by atoms with Crippen molar-refractivity contribution in [2.45, 2.75) is 44.5 Å². The molecule has 0 N–H and O–H groups in total. The lowest BCUT2D eigenvalue weighted by Crippen LogP contribution is -2.47. The molecule has 0 aromatic heterocycles. The summed E-state index contributed by atoms with van der Waals surface area (Å²) in [7, 11) is 3.01. The number of carbonyl (C=O) groups is 1. The Morgan fingerprint density at radius 2 is 1.88 bits per heavy atom. The van der Waals surface area contributed by atoms with Crippen molar-refractivity contribution >= 4 is 5.91 Å². The number of halogens is 3. The highest BCUT2D eigenvalue weighted by molar-refractivity contribution is 5.82. The van der Waals surface area contributed by atoms with Crippen LogP contribution in [0.5, 0.6) is 17.2 Å². The number of rotatable bonds is 5. The van der Waals surface area contributed by atoms with Gasteiger partial charge in [0.2, 0.25) is 0 Å². The average Bonchev–Trinajstić information content (AvgIpc) is 3.20. The molecule has 2 heterocycles. The van der Waals surface area contributed by atoms with E-state index in [2.05, 4.69) is 6.58 Å².